The van der Waals surface area contributed by atoms with Crippen LogP contribution in [0.1, 0.15) is 11.1 Å². The van der Waals surface area contributed by atoms with E-state index in [1.807, 2.05) is 0 Å². The highest BCUT2D eigenvalue weighted by molar-refractivity contribution is 5.87. The topological polar surface area (TPSA) is 32.3 Å². The SMILES string of the molecule is Cc1ccccc1N1c2nccnc2N2c3ccccc3CC12. The fourth-order valence-electron chi connectivity index (χ4n) is 3.74. The largest absolute Gasteiger partial charge is 0.301 e. The van der Waals surface area contributed by atoms with Gasteiger partial charge >= 0.3 is 0 Å². The number of aromatic nitrogens is 2. The molecule has 0 saturated heterocycles. The third kappa shape index (κ3) is 1.66. The van der Waals surface area contributed by atoms with Crippen LogP contribution in [0.5, 0.6) is 0 Å². The third-order valence-electron chi connectivity index (χ3n) is 4.74. The quantitative estimate of drug-likeness (QED) is 0.681. The van der Waals surface area contributed by atoms with E-state index in [0.29, 0.717) is 0 Å². The molecule has 23 heavy (non-hydrogen) atoms. The van der Waals surface area contributed by atoms with Crippen LogP contribution in [0.3, 0.4) is 0 Å². The van der Waals surface area contributed by atoms with Crippen molar-refractivity contribution in [1.82, 2.24) is 9.97 Å². The number of benzene rings is 2. The van der Waals surface area contributed by atoms with E-state index in [9.17, 15) is 0 Å². The molecule has 0 bridgehead atoms. The maximum absolute atomic E-state index is 4.64. The summed E-state index contributed by atoms with van der Waals surface area (Å²) in [6.45, 7) is 2.15. The lowest BCUT2D eigenvalue weighted by Gasteiger charge is -2.27. The number of anilines is 4. The van der Waals surface area contributed by atoms with E-state index in [0.717, 1.165) is 18.1 Å². The Morgan fingerprint density at radius 2 is 1.43 bits per heavy atom. The molecule has 0 radical (unpaired) electrons. The molecule has 2 aliphatic rings. The van der Waals surface area contributed by atoms with Crippen molar-refractivity contribution < 1.29 is 0 Å². The molecule has 2 aliphatic heterocycles. The van der Waals surface area contributed by atoms with Crippen LogP contribution in [0.4, 0.5) is 23.0 Å². The van der Waals surface area contributed by atoms with Crippen LogP contribution in [0.15, 0.2) is 60.9 Å². The van der Waals surface area contributed by atoms with Gasteiger partial charge in [-0.1, -0.05) is 36.4 Å². The van der Waals surface area contributed by atoms with Crippen LogP contribution < -0.4 is 9.80 Å². The standard InChI is InChI=1S/C19H16N4/c1-13-6-2-4-8-15(13)22-17-12-14-7-3-5-9-16(14)23(17)19-18(22)20-10-11-21-19/h2-11,17H,12H2,1H3. The summed E-state index contributed by atoms with van der Waals surface area (Å²) < 4.78 is 0. The summed E-state index contributed by atoms with van der Waals surface area (Å²) in [7, 11) is 0. The van der Waals surface area contributed by atoms with Crippen molar-refractivity contribution in [2.75, 3.05) is 9.80 Å². The average molecular weight is 300 g/mol. The number of rotatable bonds is 1. The third-order valence-corrected chi connectivity index (χ3v) is 4.74. The summed E-state index contributed by atoms with van der Waals surface area (Å²) in [6.07, 6.45) is 4.74. The zero-order chi connectivity index (χ0) is 15.4. The smallest absolute Gasteiger partial charge is 0.178 e. The van der Waals surface area contributed by atoms with Crippen molar-refractivity contribution in [2.45, 2.75) is 19.5 Å². The monoisotopic (exact) mass is 300 g/mol. The lowest BCUT2D eigenvalue weighted by Crippen LogP contribution is -2.36. The first kappa shape index (κ1) is 12.6. The summed E-state index contributed by atoms with van der Waals surface area (Å²) in [5.41, 5.74) is 5.07. The van der Waals surface area contributed by atoms with Crippen LogP contribution >= 0.6 is 0 Å². The Kier molecular flexibility index (Phi) is 2.50. The van der Waals surface area contributed by atoms with Gasteiger partial charge in [0.1, 0.15) is 6.17 Å². The predicted molar refractivity (Wildman–Crippen MR) is 91.4 cm³/mol. The number of fused-ring (bicyclic) bond motifs is 5. The molecular weight excluding hydrogens is 284 g/mol. The van der Waals surface area contributed by atoms with Crippen LogP contribution in [-0.2, 0) is 6.42 Å². The van der Waals surface area contributed by atoms with Gasteiger partial charge in [-0.3, -0.25) is 0 Å². The number of para-hydroxylation sites is 2. The highest BCUT2D eigenvalue weighted by Crippen LogP contribution is 2.50. The van der Waals surface area contributed by atoms with E-state index < -0.39 is 0 Å². The number of nitrogens with zero attached hydrogens (tertiary/aromatic N) is 4. The molecule has 4 heteroatoms. The maximum Gasteiger partial charge on any atom is 0.178 e. The van der Waals surface area contributed by atoms with Crippen LogP contribution in [0.2, 0.25) is 0 Å². The summed E-state index contributed by atoms with van der Waals surface area (Å²) >= 11 is 0. The van der Waals surface area contributed by atoms with Crippen LogP contribution in [-0.4, -0.2) is 16.1 Å². The van der Waals surface area contributed by atoms with E-state index in [4.69, 9.17) is 0 Å². The molecule has 4 nitrogen and oxygen atoms in total. The van der Waals surface area contributed by atoms with E-state index in [-0.39, 0.29) is 6.17 Å². The highest BCUT2D eigenvalue weighted by atomic mass is 15.5. The van der Waals surface area contributed by atoms with Crippen molar-refractivity contribution in [3.63, 3.8) is 0 Å². The van der Waals surface area contributed by atoms with Gasteiger partial charge in [-0.15, -0.1) is 0 Å². The Hall–Kier alpha value is -2.88. The zero-order valence-electron chi connectivity index (χ0n) is 12.8. The molecule has 112 valence electrons. The van der Waals surface area contributed by atoms with Gasteiger partial charge in [-0.2, -0.15) is 0 Å². The summed E-state index contributed by atoms with van der Waals surface area (Å²) in [6, 6.07) is 17.1. The van der Waals surface area contributed by atoms with Gasteiger partial charge in [-0.25, -0.2) is 9.97 Å². The Bertz CT molecular complexity index is 905. The summed E-state index contributed by atoms with van der Waals surface area (Å²) in [4.78, 5) is 13.9. The molecule has 0 amide bonds. The van der Waals surface area contributed by atoms with Crippen molar-refractivity contribution in [2.24, 2.45) is 0 Å². The molecule has 0 fully saturated rings. The first-order chi connectivity index (χ1) is 11.3. The molecule has 3 aromatic rings. The van der Waals surface area contributed by atoms with Crippen LogP contribution in [0, 0.1) is 6.92 Å². The molecule has 2 aromatic carbocycles. The van der Waals surface area contributed by atoms with Crippen molar-refractivity contribution >= 4 is 23.0 Å². The van der Waals surface area contributed by atoms with Gasteiger partial charge in [0.25, 0.3) is 0 Å². The molecule has 0 aliphatic carbocycles. The zero-order valence-corrected chi connectivity index (χ0v) is 12.8. The average Bonchev–Trinajstić information content (AvgIpc) is 3.10. The molecule has 3 heterocycles. The predicted octanol–water partition coefficient (Wildman–Crippen LogP) is 3.96. The van der Waals surface area contributed by atoms with E-state index in [1.54, 1.807) is 12.4 Å². The Morgan fingerprint density at radius 1 is 0.826 bits per heavy atom. The summed E-state index contributed by atoms with van der Waals surface area (Å²) in [5.74, 6) is 1.90. The molecule has 0 spiro atoms. The van der Waals surface area contributed by atoms with Gasteiger partial charge < -0.3 is 9.80 Å². The van der Waals surface area contributed by atoms with Gasteiger partial charge in [0, 0.05) is 30.2 Å². The highest BCUT2D eigenvalue weighted by Gasteiger charge is 2.44. The van der Waals surface area contributed by atoms with Crippen molar-refractivity contribution in [1.29, 1.82) is 0 Å². The first-order valence-corrected chi connectivity index (χ1v) is 7.87. The van der Waals surface area contributed by atoms with E-state index >= 15 is 0 Å². The molecule has 1 unspecified atom stereocenters. The van der Waals surface area contributed by atoms with E-state index in [2.05, 4.69) is 75.2 Å². The lowest BCUT2D eigenvalue weighted by atomic mass is 10.1. The second-order valence-electron chi connectivity index (χ2n) is 6.04. The minimum atomic E-state index is 0.214. The molecule has 0 saturated carbocycles. The number of aryl methyl sites for hydroxylation is 1. The van der Waals surface area contributed by atoms with E-state index in [1.165, 1.54) is 22.5 Å². The van der Waals surface area contributed by atoms with Crippen molar-refractivity contribution in [3.05, 3.63) is 72.1 Å². The Balaban J connectivity index is 1.74. The number of hydrogen-bond acceptors (Lipinski definition) is 4. The fraction of sp³-hybridized carbons (Fsp3) is 0.158. The molecule has 1 aromatic heterocycles. The number of hydrogen-bond donors (Lipinski definition) is 0. The van der Waals surface area contributed by atoms with Gasteiger partial charge in [0.15, 0.2) is 11.6 Å². The normalized spacial score (nSPS) is 17.9. The molecule has 0 N–H and O–H groups in total. The Labute approximate surface area is 135 Å². The van der Waals surface area contributed by atoms with Gasteiger partial charge in [0.2, 0.25) is 0 Å². The van der Waals surface area contributed by atoms with Gasteiger partial charge in [0.05, 0.1) is 0 Å². The second kappa shape index (κ2) is 4.56. The minimum Gasteiger partial charge on any atom is -0.301 e. The van der Waals surface area contributed by atoms with Crippen LogP contribution in [0.25, 0.3) is 0 Å². The molecular formula is C19H16N4. The van der Waals surface area contributed by atoms with Crippen molar-refractivity contribution in [3.8, 4) is 0 Å². The Morgan fingerprint density at radius 3 is 2.17 bits per heavy atom. The lowest BCUT2D eigenvalue weighted by molar-refractivity contribution is 0.722. The molecule has 5 rings (SSSR count). The second-order valence-corrected chi connectivity index (χ2v) is 6.04. The molecule has 1 atom stereocenters. The first-order valence-electron chi connectivity index (χ1n) is 7.87. The fourth-order valence-corrected chi connectivity index (χ4v) is 3.74. The minimum absolute atomic E-state index is 0.214. The van der Waals surface area contributed by atoms with Gasteiger partial charge in [-0.05, 0) is 30.2 Å². The maximum atomic E-state index is 4.64. The summed E-state index contributed by atoms with van der Waals surface area (Å²) in [5, 5.41) is 0.